The van der Waals surface area contributed by atoms with Gasteiger partial charge in [0.1, 0.15) is 91.6 Å². The van der Waals surface area contributed by atoms with E-state index in [0.29, 0.717) is 44.9 Å². The lowest BCUT2D eigenvalue weighted by molar-refractivity contribution is -0.389. The minimum absolute atomic E-state index is 0.0472. The molecule has 0 amide bonds. The summed E-state index contributed by atoms with van der Waals surface area (Å²) in [6.45, 7) is 12.6. The number of hydrogen-bond acceptors (Lipinski definition) is 23. The van der Waals surface area contributed by atoms with E-state index in [-0.39, 0.29) is 22.7 Å². The summed E-state index contributed by atoms with van der Waals surface area (Å²) in [4.78, 5) is 14.8. The van der Waals surface area contributed by atoms with Crippen LogP contribution in [0.5, 0.6) is 0 Å². The first-order valence-electron chi connectivity index (χ1n) is 27.4. The quantitative estimate of drug-likeness (QED) is 0.0581. The van der Waals surface area contributed by atoms with Gasteiger partial charge in [-0.3, -0.25) is 4.79 Å². The molecule has 0 aromatic carbocycles. The summed E-state index contributed by atoms with van der Waals surface area (Å²) in [5.74, 6) is -1.16. The van der Waals surface area contributed by atoms with E-state index < -0.39 is 189 Å². The van der Waals surface area contributed by atoms with Crippen LogP contribution in [0.4, 0.5) is 0 Å². The van der Waals surface area contributed by atoms with E-state index in [1.54, 1.807) is 0 Å². The minimum atomic E-state index is -1.89. The van der Waals surface area contributed by atoms with Gasteiger partial charge in [-0.25, -0.2) is 0 Å². The Hall–Kier alpha value is -1.63. The fourth-order valence-corrected chi connectivity index (χ4v) is 16.2. The monoisotopic (exact) mass is 1090 g/mol. The van der Waals surface area contributed by atoms with Crippen molar-refractivity contribution in [1.29, 1.82) is 0 Å². The topological polar surface area (TPSA) is 374 Å². The first-order valence-corrected chi connectivity index (χ1v) is 27.4. The molecule has 4 saturated heterocycles. The van der Waals surface area contributed by atoms with Crippen LogP contribution in [0.25, 0.3) is 0 Å². The lowest BCUT2D eigenvalue weighted by Crippen LogP contribution is -2.68. The number of esters is 1. The summed E-state index contributed by atoms with van der Waals surface area (Å²) in [5, 5.41) is 150. The van der Waals surface area contributed by atoms with Crippen LogP contribution in [0.3, 0.4) is 0 Å². The molecule has 436 valence electrons. The average Bonchev–Trinajstić information content (AvgIpc) is 3.42. The fraction of sp³-hybridized carbons (Fsp3) is 0.943. The highest BCUT2D eigenvalue weighted by Crippen LogP contribution is 2.76. The Morgan fingerprint density at radius 1 is 0.566 bits per heavy atom. The lowest BCUT2D eigenvalue weighted by Gasteiger charge is -2.71. The molecule has 0 aromatic rings. The number of allylic oxidation sites excluding steroid dienone is 1. The number of aliphatic hydroxyl groups is 14. The van der Waals surface area contributed by atoms with Crippen molar-refractivity contribution < 1.29 is 114 Å². The molecule has 28 atom stereocenters. The standard InChI is InChI=1S/C53H86O23/c1-48(2)14-16-53(47(68)76-45-39(66)36(63)33(60)26(20-56)72-45)17-15-51(6)22(30(53)42(48)67)8-9-28-50(5)12-11-29(49(3,4)27(50)10-13-52(28,51)7)73-46-41(75-44-38(65)35(62)32(59)25(19-55)71-44)40(23(57)21-69-46)74-43-37(64)34(61)31(58)24(18-54)70-43/h8,23-46,54-67H,9-21H2,1-7H3. The number of fused-ring (bicyclic) bond motifs is 7. The Balaban J connectivity index is 0.986. The Labute approximate surface area is 442 Å². The third-order valence-corrected chi connectivity index (χ3v) is 21.2. The summed E-state index contributed by atoms with van der Waals surface area (Å²) in [6.07, 6.45) is -25.3. The van der Waals surface area contributed by atoms with Crippen molar-refractivity contribution in [2.45, 2.75) is 235 Å². The maximum atomic E-state index is 14.8. The van der Waals surface area contributed by atoms with Crippen LogP contribution in [0, 0.1) is 50.2 Å². The van der Waals surface area contributed by atoms with Crippen LogP contribution in [0.1, 0.15) is 106 Å². The van der Waals surface area contributed by atoms with E-state index in [0.717, 1.165) is 18.4 Å². The first kappa shape index (κ1) is 59.0. The van der Waals surface area contributed by atoms with Gasteiger partial charge in [-0.2, -0.15) is 0 Å². The van der Waals surface area contributed by atoms with Crippen LogP contribution in [0.2, 0.25) is 0 Å². The maximum Gasteiger partial charge on any atom is 0.315 e. The predicted octanol–water partition coefficient (Wildman–Crippen LogP) is -2.43. The Kier molecular flexibility index (Phi) is 16.5. The number of aliphatic hydroxyl groups excluding tert-OH is 14. The molecule has 5 aliphatic carbocycles. The largest absolute Gasteiger partial charge is 0.432 e. The van der Waals surface area contributed by atoms with Gasteiger partial charge in [0.15, 0.2) is 18.9 Å². The van der Waals surface area contributed by atoms with Crippen molar-refractivity contribution in [2.75, 3.05) is 26.4 Å². The number of rotatable bonds is 11. The third kappa shape index (κ3) is 9.27. The Morgan fingerprint density at radius 3 is 1.63 bits per heavy atom. The van der Waals surface area contributed by atoms with Gasteiger partial charge < -0.3 is 109 Å². The van der Waals surface area contributed by atoms with Gasteiger partial charge in [0, 0.05) is 5.92 Å². The molecule has 9 rings (SSSR count). The first-order chi connectivity index (χ1) is 35.6. The van der Waals surface area contributed by atoms with Gasteiger partial charge in [-0.05, 0) is 96.7 Å². The van der Waals surface area contributed by atoms with Crippen molar-refractivity contribution in [3.63, 3.8) is 0 Å². The highest BCUT2D eigenvalue weighted by atomic mass is 16.8. The van der Waals surface area contributed by atoms with Crippen molar-refractivity contribution in [3.05, 3.63) is 11.6 Å². The second-order valence-electron chi connectivity index (χ2n) is 25.8. The molecular formula is C53H86O23. The van der Waals surface area contributed by atoms with E-state index in [1.807, 2.05) is 13.8 Å². The maximum absolute atomic E-state index is 14.8. The second kappa shape index (κ2) is 21.3. The Bertz CT molecular complexity index is 2090. The molecule has 0 bridgehead atoms. The summed E-state index contributed by atoms with van der Waals surface area (Å²) < 4.78 is 48.6. The zero-order chi connectivity index (χ0) is 55.6. The van der Waals surface area contributed by atoms with Gasteiger partial charge in [-0.15, -0.1) is 0 Å². The molecule has 4 aliphatic heterocycles. The molecule has 23 nitrogen and oxygen atoms in total. The van der Waals surface area contributed by atoms with Crippen molar-refractivity contribution >= 4 is 5.97 Å². The molecule has 14 N–H and O–H groups in total. The third-order valence-electron chi connectivity index (χ3n) is 21.2. The fourth-order valence-electron chi connectivity index (χ4n) is 16.2. The number of hydrogen-bond donors (Lipinski definition) is 14. The molecule has 0 radical (unpaired) electrons. The minimum Gasteiger partial charge on any atom is -0.432 e. The summed E-state index contributed by atoms with van der Waals surface area (Å²) in [5.41, 5.74) is -2.47. The summed E-state index contributed by atoms with van der Waals surface area (Å²) in [6, 6.07) is 0. The van der Waals surface area contributed by atoms with Crippen LogP contribution < -0.4 is 0 Å². The van der Waals surface area contributed by atoms with Crippen LogP contribution in [-0.2, 0) is 42.7 Å². The zero-order valence-electron chi connectivity index (χ0n) is 44.6. The SMILES string of the molecule is CC1(C)CCC2(C(=O)OC3OC(CO)C(O)C(O)C3O)CCC3(C)C(=CCC4C5(C)CCC(OC6OCC(O)C(OC7OC(CO)C(O)C(O)C7O)C6OC6OC(CO)C(O)C(O)C6O)C(C)(C)C5CCC43C)C2C1O. The molecule has 4 saturated carbocycles. The molecule has 23 heteroatoms. The van der Waals surface area contributed by atoms with Gasteiger partial charge in [0.2, 0.25) is 6.29 Å². The predicted molar refractivity (Wildman–Crippen MR) is 258 cm³/mol. The van der Waals surface area contributed by atoms with Gasteiger partial charge in [0.25, 0.3) is 0 Å². The molecule has 8 fully saturated rings. The normalized spacial score (nSPS) is 54.0. The van der Waals surface area contributed by atoms with Crippen LogP contribution in [-0.4, -0.2) is 233 Å². The second-order valence-corrected chi connectivity index (χ2v) is 25.8. The molecular weight excluding hydrogens is 1000 g/mol. The van der Waals surface area contributed by atoms with Crippen LogP contribution >= 0.6 is 0 Å². The van der Waals surface area contributed by atoms with E-state index in [1.165, 1.54) is 0 Å². The lowest BCUT2D eigenvalue weighted by atomic mass is 9.33. The zero-order valence-corrected chi connectivity index (χ0v) is 44.6. The van der Waals surface area contributed by atoms with E-state index >= 15 is 0 Å². The Morgan fingerprint density at radius 2 is 1.08 bits per heavy atom. The molecule has 28 unspecified atom stereocenters. The van der Waals surface area contributed by atoms with Gasteiger partial charge in [-0.1, -0.05) is 60.1 Å². The van der Waals surface area contributed by atoms with E-state index in [2.05, 4.69) is 40.7 Å². The molecule has 0 spiro atoms. The van der Waals surface area contributed by atoms with Crippen molar-refractivity contribution in [1.82, 2.24) is 0 Å². The van der Waals surface area contributed by atoms with Crippen molar-refractivity contribution in [3.8, 4) is 0 Å². The van der Waals surface area contributed by atoms with Crippen molar-refractivity contribution in [2.24, 2.45) is 50.2 Å². The van der Waals surface area contributed by atoms with Gasteiger partial charge in [0.05, 0.1) is 44.1 Å². The molecule has 4 heterocycles. The molecule has 76 heavy (non-hydrogen) atoms. The highest BCUT2D eigenvalue weighted by Gasteiger charge is 2.71. The van der Waals surface area contributed by atoms with E-state index in [9.17, 15) is 76.3 Å². The van der Waals surface area contributed by atoms with E-state index in [4.69, 9.17) is 37.9 Å². The van der Waals surface area contributed by atoms with Crippen LogP contribution in [0.15, 0.2) is 11.6 Å². The number of carbonyl (C=O) groups is 1. The molecule has 0 aromatic heterocycles. The molecule has 9 aliphatic rings. The summed E-state index contributed by atoms with van der Waals surface area (Å²) in [7, 11) is 0. The van der Waals surface area contributed by atoms with Gasteiger partial charge >= 0.3 is 5.97 Å². The number of ether oxygens (including phenoxy) is 8. The average molecular weight is 1090 g/mol. The number of carbonyl (C=O) groups excluding carboxylic acids is 1. The summed E-state index contributed by atoms with van der Waals surface area (Å²) >= 11 is 0. The highest BCUT2D eigenvalue weighted by molar-refractivity contribution is 5.79. The smallest absolute Gasteiger partial charge is 0.315 e.